The van der Waals surface area contributed by atoms with Crippen LogP contribution in [0.5, 0.6) is 0 Å². The van der Waals surface area contributed by atoms with Gasteiger partial charge in [-0.25, -0.2) is 4.79 Å². The minimum absolute atomic E-state index is 0.162. The quantitative estimate of drug-likeness (QED) is 0.742. The van der Waals surface area contributed by atoms with Gasteiger partial charge in [0.1, 0.15) is 22.9 Å². The fourth-order valence-electron chi connectivity index (χ4n) is 2.31. The van der Waals surface area contributed by atoms with Crippen LogP contribution in [0.25, 0.3) is 0 Å². The van der Waals surface area contributed by atoms with E-state index in [1.807, 2.05) is 0 Å². The van der Waals surface area contributed by atoms with Gasteiger partial charge in [0.25, 0.3) is 0 Å². The number of carbonyl (C=O) groups excluding carboxylic acids is 3. The second kappa shape index (κ2) is 6.34. The van der Waals surface area contributed by atoms with E-state index in [1.165, 1.54) is 6.92 Å². The molecule has 0 saturated carbocycles. The Morgan fingerprint density at radius 3 is 1.74 bits per heavy atom. The smallest absolute Gasteiger partial charge is 0.349 e. The summed E-state index contributed by atoms with van der Waals surface area (Å²) in [6.07, 6.45) is -1.21. The van der Waals surface area contributed by atoms with Crippen LogP contribution in [-0.2, 0) is 28.6 Å². The predicted octanol–water partition coefficient (Wildman–Crippen LogP) is 2.55. The van der Waals surface area contributed by atoms with Gasteiger partial charge in [-0.05, 0) is 55.4 Å². The molecule has 0 aliphatic carbocycles. The molecule has 2 atom stereocenters. The van der Waals surface area contributed by atoms with Gasteiger partial charge in [0.15, 0.2) is 5.78 Å². The monoisotopic (exact) mass is 326 g/mol. The molecule has 0 fully saturated rings. The number of hydrogen-bond acceptors (Lipinski definition) is 6. The van der Waals surface area contributed by atoms with E-state index in [0.717, 1.165) is 0 Å². The zero-order valence-electron chi connectivity index (χ0n) is 15.1. The standard InChI is InChI=1S/C17H26O6/c1-9(18)11-10(2)21-13(15(20)23-17(6,7)8)12(11)14(19)22-16(3,4)5/h12-13H,1-8H3. The fourth-order valence-corrected chi connectivity index (χ4v) is 2.31. The van der Waals surface area contributed by atoms with E-state index in [-0.39, 0.29) is 17.1 Å². The Balaban J connectivity index is 3.15. The SMILES string of the molecule is CC(=O)C1=C(C)OC(C(=O)OC(C)(C)C)C1C(=O)OC(C)(C)C. The van der Waals surface area contributed by atoms with Gasteiger partial charge in [0, 0.05) is 0 Å². The molecule has 0 N–H and O–H groups in total. The summed E-state index contributed by atoms with van der Waals surface area (Å²) in [7, 11) is 0. The first-order valence-electron chi connectivity index (χ1n) is 7.57. The summed E-state index contributed by atoms with van der Waals surface area (Å²) >= 11 is 0. The number of ketones is 1. The molecule has 0 aromatic heterocycles. The molecule has 0 radical (unpaired) electrons. The van der Waals surface area contributed by atoms with Crippen LogP contribution in [0.4, 0.5) is 0 Å². The van der Waals surface area contributed by atoms with Crippen molar-refractivity contribution in [3.8, 4) is 0 Å². The summed E-state index contributed by atoms with van der Waals surface area (Å²) in [5, 5.41) is 0. The summed E-state index contributed by atoms with van der Waals surface area (Å²) in [6, 6.07) is 0. The zero-order chi connectivity index (χ0) is 18.2. The molecule has 0 bridgehead atoms. The van der Waals surface area contributed by atoms with Crippen LogP contribution in [0.2, 0.25) is 0 Å². The van der Waals surface area contributed by atoms with Gasteiger partial charge in [-0.2, -0.15) is 0 Å². The van der Waals surface area contributed by atoms with E-state index in [2.05, 4.69) is 0 Å². The van der Waals surface area contributed by atoms with Gasteiger partial charge < -0.3 is 14.2 Å². The lowest BCUT2D eigenvalue weighted by Crippen LogP contribution is -2.42. The molecule has 2 unspecified atom stereocenters. The maximum absolute atomic E-state index is 12.5. The Labute approximate surface area is 137 Å². The molecule has 6 nitrogen and oxygen atoms in total. The highest BCUT2D eigenvalue weighted by Gasteiger charge is 2.49. The van der Waals surface area contributed by atoms with E-state index < -0.39 is 35.2 Å². The van der Waals surface area contributed by atoms with Crippen molar-refractivity contribution < 1.29 is 28.6 Å². The normalized spacial score (nSPS) is 21.7. The molecule has 0 saturated heterocycles. The lowest BCUT2D eigenvalue weighted by Gasteiger charge is -2.27. The third kappa shape index (κ3) is 5.08. The zero-order valence-corrected chi connectivity index (χ0v) is 15.1. The van der Waals surface area contributed by atoms with E-state index >= 15 is 0 Å². The summed E-state index contributed by atoms with van der Waals surface area (Å²) < 4.78 is 16.1. The number of rotatable bonds is 3. The second-order valence-corrected chi connectivity index (χ2v) is 7.61. The minimum Gasteiger partial charge on any atom is -0.482 e. The van der Waals surface area contributed by atoms with Crippen molar-refractivity contribution in [3.05, 3.63) is 11.3 Å². The molecular formula is C17H26O6. The molecule has 23 heavy (non-hydrogen) atoms. The molecule has 130 valence electrons. The number of Topliss-reactive ketones (excluding diaryl/α,β-unsaturated/α-hetero) is 1. The number of ether oxygens (including phenoxy) is 3. The molecule has 1 rings (SSSR count). The van der Waals surface area contributed by atoms with Crippen LogP contribution in [0.3, 0.4) is 0 Å². The summed E-state index contributed by atoms with van der Waals surface area (Å²) in [5.41, 5.74) is -1.31. The highest BCUT2D eigenvalue weighted by molar-refractivity contribution is 6.02. The number of carbonyl (C=O) groups is 3. The second-order valence-electron chi connectivity index (χ2n) is 7.61. The highest BCUT2D eigenvalue weighted by Crippen LogP contribution is 2.35. The van der Waals surface area contributed by atoms with Crippen LogP contribution in [0.15, 0.2) is 11.3 Å². The molecule has 1 aliphatic rings. The molecule has 0 amide bonds. The molecule has 0 spiro atoms. The maximum Gasteiger partial charge on any atom is 0.349 e. The first kappa shape index (κ1) is 19.2. The van der Waals surface area contributed by atoms with Crippen molar-refractivity contribution in [1.82, 2.24) is 0 Å². The van der Waals surface area contributed by atoms with Crippen LogP contribution in [-0.4, -0.2) is 35.0 Å². The third-order valence-electron chi connectivity index (χ3n) is 2.98. The number of allylic oxidation sites excluding steroid dienone is 1. The largest absolute Gasteiger partial charge is 0.482 e. The number of hydrogen-bond donors (Lipinski definition) is 0. The minimum atomic E-state index is -1.21. The third-order valence-corrected chi connectivity index (χ3v) is 2.98. The van der Waals surface area contributed by atoms with E-state index in [4.69, 9.17) is 14.2 Å². The van der Waals surface area contributed by atoms with Crippen LogP contribution >= 0.6 is 0 Å². The van der Waals surface area contributed by atoms with Crippen molar-refractivity contribution >= 4 is 17.7 Å². The van der Waals surface area contributed by atoms with Gasteiger partial charge >= 0.3 is 11.9 Å². The van der Waals surface area contributed by atoms with Gasteiger partial charge in [-0.1, -0.05) is 0 Å². The van der Waals surface area contributed by atoms with E-state index in [0.29, 0.717) is 0 Å². The van der Waals surface area contributed by atoms with Gasteiger partial charge in [-0.15, -0.1) is 0 Å². The van der Waals surface area contributed by atoms with Gasteiger partial charge in [0.05, 0.1) is 5.57 Å². The van der Waals surface area contributed by atoms with Crippen molar-refractivity contribution in [1.29, 1.82) is 0 Å². The molecule has 6 heteroatoms. The lowest BCUT2D eigenvalue weighted by atomic mass is 9.91. The first-order chi connectivity index (χ1) is 10.2. The van der Waals surface area contributed by atoms with Gasteiger partial charge in [0.2, 0.25) is 6.10 Å². The number of esters is 2. The molecular weight excluding hydrogens is 300 g/mol. The van der Waals surface area contributed by atoms with Crippen LogP contribution in [0.1, 0.15) is 55.4 Å². The van der Waals surface area contributed by atoms with Crippen LogP contribution < -0.4 is 0 Å². The summed E-state index contributed by atoms with van der Waals surface area (Å²) in [4.78, 5) is 36.8. The van der Waals surface area contributed by atoms with Gasteiger partial charge in [-0.3, -0.25) is 9.59 Å². The predicted molar refractivity (Wildman–Crippen MR) is 83.4 cm³/mol. The topological polar surface area (TPSA) is 78.9 Å². The lowest BCUT2D eigenvalue weighted by molar-refractivity contribution is -0.175. The first-order valence-corrected chi connectivity index (χ1v) is 7.57. The molecule has 1 heterocycles. The Kier molecular flexibility index (Phi) is 5.29. The summed E-state index contributed by atoms with van der Waals surface area (Å²) in [6.45, 7) is 13.2. The van der Waals surface area contributed by atoms with Crippen molar-refractivity contribution in [3.63, 3.8) is 0 Å². The average molecular weight is 326 g/mol. The Hall–Kier alpha value is -1.85. The molecule has 1 aliphatic heterocycles. The fraction of sp³-hybridized carbons (Fsp3) is 0.706. The van der Waals surface area contributed by atoms with Crippen molar-refractivity contribution in [2.45, 2.75) is 72.7 Å². The van der Waals surface area contributed by atoms with E-state index in [1.54, 1.807) is 48.5 Å². The van der Waals surface area contributed by atoms with Crippen LogP contribution in [0, 0.1) is 5.92 Å². The maximum atomic E-state index is 12.5. The average Bonchev–Trinajstić information content (AvgIpc) is 2.62. The summed E-state index contributed by atoms with van der Waals surface area (Å²) in [5.74, 6) is -2.55. The Morgan fingerprint density at radius 1 is 0.913 bits per heavy atom. The Bertz CT molecular complexity index is 544. The Morgan fingerprint density at radius 2 is 1.35 bits per heavy atom. The van der Waals surface area contributed by atoms with Crippen molar-refractivity contribution in [2.75, 3.05) is 0 Å². The highest BCUT2D eigenvalue weighted by atomic mass is 16.6. The molecule has 0 aromatic rings. The molecule has 0 aromatic carbocycles. The van der Waals surface area contributed by atoms with E-state index in [9.17, 15) is 14.4 Å². The van der Waals surface area contributed by atoms with Crippen molar-refractivity contribution in [2.24, 2.45) is 5.92 Å².